The second kappa shape index (κ2) is 4.31. The summed E-state index contributed by atoms with van der Waals surface area (Å²) in [6.07, 6.45) is 0.334. The van der Waals surface area contributed by atoms with E-state index >= 15 is 0 Å². The zero-order valence-electron chi connectivity index (χ0n) is 9.45. The molecule has 2 rings (SSSR count). The molecule has 1 heterocycles. The predicted octanol–water partition coefficient (Wildman–Crippen LogP) is 1.83. The van der Waals surface area contributed by atoms with Gasteiger partial charge in [-0.1, -0.05) is 17.7 Å². The van der Waals surface area contributed by atoms with Crippen LogP contribution in [0.2, 0.25) is 0 Å². The van der Waals surface area contributed by atoms with Crippen molar-refractivity contribution in [3.05, 3.63) is 41.6 Å². The molecule has 0 saturated heterocycles. The van der Waals surface area contributed by atoms with E-state index in [2.05, 4.69) is 23.3 Å². The lowest BCUT2D eigenvalue weighted by Crippen LogP contribution is -2.20. The fourth-order valence-corrected chi connectivity index (χ4v) is 1.64. The molecule has 2 aromatic rings. The Hall–Kier alpha value is -1.90. The van der Waals surface area contributed by atoms with Crippen LogP contribution in [0.4, 0.5) is 0 Å². The molecular weight excluding hydrogens is 200 g/mol. The summed E-state index contributed by atoms with van der Waals surface area (Å²) >= 11 is 0. The Bertz CT molecular complexity index is 534. The van der Waals surface area contributed by atoms with Gasteiger partial charge in [0, 0.05) is 12.4 Å². The number of fused-ring (bicyclic) bond motifs is 1. The van der Waals surface area contributed by atoms with E-state index < -0.39 is 0 Å². The van der Waals surface area contributed by atoms with Crippen LogP contribution in [0.5, 0.6) is 0 Å². The van der Waals surface area contributed by atoms with Crippen molar-refractivity contribution >= 4 is 16.8 Å². The monoisotopic (exact) mass is 214 g/mol. The summed E-state index contributed by atoms with van der Waals surface area (Å²) in [4.78, 5) is 15.7. The number of carbonyl (C=O) groups is 1. The highest BCUT2D eigenvalue weighted by Gasteiger charge is 2.03. The van der Waals surface area contributed by atoms with Crippen LogP contribution in [0.3, 0.4) is 0 Å². The van der Waals surface area contributed by atoms with Gasteiger partial charge >= 0.3 is 0 Å². The minimum absolute atomic E-state index is 0.0149. The maximum absolute atomic E-state index is 11.2. The highest BCUT2D eigenvalue weighted by Crippen LogP contribution is 2.14. The Balaban J connectivity index is 2.37. The van der Waals surface area contributed by atoms with E-state index in [0.29, 0.717) is 6.42 Å². The van der Waals surface area contributed by atoms with E-state index in [1.54, 1.807) is 7.05 Å². The second-order valence-electron chi connectivity index (χ2n) is 3.85. The molecule has 1 amide bonds. The standard InChI is InChI=1S/C13H14N2O/c1-9-3-6-12-10(7-9)4-5-11(15-12)8-13(16)14-2/h3-7H,8H2,1-2H3,(H,14,16). The predicted molar refractivity (Wildman–Crippen MR) is 64.3 cm³/mol. The van der Waals surface area contributed by atoms with Crippen molar-refractivity contribution in [2.75, 3.05) is 7.05 Å². The quantitative estimate of drug-likeness (QED) is 0.828. The molecule has 3 nitrogen and oxygen atoms in total. The van der Waals surface area contributed by atoms with Crippen LogP contribution in [0.15, 0.2) is 30.3 Å². The van der Waals surface area contributed by atoms with Gasteiger partial charge in [-0.05, 0) is 25.1 Å². The number of benzene rings is 1. The summed E-state index contributed by atoms with van der Waals surface area (Å²) in [6, 6.07) is 10.0. The molecule has 0 saturated carbocycles. The number of carbonyl (C=O) groups excluding carboxylic acids is 1. The molecule has 0 aliphatic heterocycles. The van der Waals surface area contributed by atoms with Gasteiger partial charge in [-0.15, -0.1) is 0 Å². The normalized spacial score (nSPS) is 10.4. The summed E-state index contributed by atoms with van der Waals surface area (Å²) in [5.74, 6) is -0.0149. The molecule has 3 heteroatoms. The van der Waals surface area contributed by atoms with E-state index in [0.717, 1.165) is 16.6 Å². The van der Waals surface area contributed by atoms with Gasteiger partial charge in [0.25, 0.3) is 0 Å². The Labute approximate surface area is 94.5 Å². The zero-order chi connectivity index (χ0) is 11.5. The number of hydrogen-bond donors (Lipinski definition) is 1. The van der Waals surface area contributed by atoms with Crippen molar-refractivity contribution in [2.24, 2.45) is 0 Å². The van der Waals surface area contributed by atoms with E-state index in [-0.39, 0.29) is 5.91 Å². The molecule has 0 unspecified atom stereocenters. The molecule has 0 spiro atoms. The number of hydrogen-bond acceptors (Lipinski definition) is 2. The van der Waals surface area contributed by atoms with Gasteiger partial charge in [-0.3, -0.25) is 9.78 Å². The van der Waals surface area contributed by atoms with Gasteiger partial charge in [0.15, 0.2) is 0 Å². The first-order valence-electron chi connectivity index (χ1n) is 5.26. The third kappa shape index (κ3) is 2.19. The minimum atomic E-state index is -0.0149. The molecule has 1 N–H and O–H groups in total. The lowest BCUT2D eigenvalue weighted by Gasteiger charge is -2.03. The zero-order valence-corrected chi connectivity index (χ0v) is 9.45. The van der Waals surface area contributed by atoms with E-state index in [9.17, 15) is 4.79 Å². The largest absolute Gasteiger partial charge is 0.359 e. The number of pyridine rings is 1. The smallest absolute Gasteiger partial charge is 0.225 e. The average molecular weight is 214 g/mol. The average Bonchev–Trinajstić information content (AvgIpc) is 2.29. The van der Waals surface area contributed by atoms with Crippen molar-refractivity contribution in [3.63, 3.8) is 0 Å². The lowest BCUT2D eigenvalue weighted by molar-refractivity contribution is -0.120. The van der Waals surface area contributed by atoms with Gasteiger partial charge in [-0.2, -0.15) is 0 Å². The number of nitrogens with one attached hydrogen (secondary N) is 1. The van der Waals surface area contributed by atoms with E-state index in [1.807, 2.05) is 24.3 Å². The van der Waals surface area contributed by atoms with Crippen molar-refractivity contribution in [3.8, 4) is 0 Å². The van der Waals surface area contributed by atoms with Gasteiger partial charge in [0.1, 0.15) is 0 Å². The van der Waals surface area contributed by atoms with Crippen LogP contribution in [0.1, 0.15) is 11.3 Å². The molecule has 0 atom stereocenters. The molecule has 1 aromatic heterocycles. The maximum Gasteiger partial charge on any atom is 0.225 e. The lowest BCUT2D eigenvalue weighted by atomic mass is 10.1. The SMILES string of the molecule is CNC(=O)Cc1ccc2cc(C)ccc2n1. The Morgan fingerprint density at radius 1 is 1.31 bits per heavy atom. The van der Waals surface area contributed by atoms with Crippen LogP contribution in [-0.2, 0) is 11.2 Å². The molecule has 0 bridgehead atoms. The van der Waals surface area contributed by atoms with Crippen LogP contribution in [-0.4, -0.2) is 17.9 Å². The van der Waals surface area contributed by atoms with Crippen molar-refractivity contribution in [1.82, 2.24) is 10.3 Å². The van der Waals surface area contributed by atoms with Gasteiger partial charge < -0.3 is 5.32 Å². The third-order valence-corrected chi connectivity index (χ3v) is 2.52. The van der Waals surface area contributed by atoms with Crippen LogP contribution in [0, 0.1) is 6.92 Å². The van der Waals surface area contributed by atoms with Gasteiger partial charge in [0.05, 0.1) is 17.6 Å². The Morgan fingerprint density at radius 3 is 2.88 bits per heavy atom. The van der Waals surface area contributed by atoms with Gasteiger partial charge in [0.2, 0.25) is 5.91 Å². The van der Waals surface area contributed by atoms with Crippen LogP contribution >= 0.6 is 0 Å². The first kappa shape index (κ1) is 10.6. The topological polar surface area (TPSA) is 42.0 Å². The number of likely N-dealkylation sites (N-methyl/N-ethyl adjacent to an activating group) is 1. The third-order valence-electron chi connectivity index (χ3n) is 2.52. The number of nitrogens with zero attached hydrogens (tertiary/aromatic N) is 1. The molecule has 0 aliphatic carbocycles. The maximum atomic E-state index is 11.2. The summed E-state index contributed by atoms with van der Waals surface area (Å²) in [5, 5.41) is 3.70. The van der Waals surface area contributed by atoms with Crippen molar-refractivity contribution in [2.45, 2.75) is 13.3 Å². The van der Waals surface area contributed by atoms with E-state index in [4.69, 9.17) is 0 Å². The summed E-state index contributed by atoms with van der Waals surface area (Å²) in [6.45, 7) is 2.05. The number of amides is 1. The molecule has 0 aliphatic rings. The number of aromatic nitrogens is 1. The number of rotatable bonds is 2. The molecular formula is C13H14N2O. The molecule has 16 heavy (non-hydrogen) atoms. The highest BCUT2D eigenvalue weighted by atomic mass is 16.1. The molecule has 82 valence electrons. The van der Waals surface area contributed by atoms with Crippen molar-refractivity contribution in [1.29, 1.82) is 0 Å². The summed E-state index contributed by atoms with van der Waals surface area (Å²) < 4.78 is 0. The minimum Gasteiger partial charge on any atom is -0.359 e. The molecule has 0 fully saturated rings. The highest BCUT2D eigenvalue weighted by molar-refractivity contribution is 5.81. The summed E-state index contributed by atoms with van der Waals surface area (Å²) in [7, 11) is 1.63. The second-order valence-corrected chi connectivity index (χ2v) is 3.85. The Kier molecular flexibility index (Phi) is 2.86. The van der Waals surface area contributed by atoms with Crippen LogP contribution < -0.4 is 5.32 Å². The van der Waals surface area contributed by atoms with Crippen molar-refractivity contribution < 1.29 is 4.79 Å². The Morgan fingerprint density at radius 2 is 2.12 bits per heavy atom. The first-order valence-corrected chi connectivity index (χ1v) is 5.26. The van der Waals surface area contributed by atoms with Gasteiger partial charge in [-0.25, -0.2) is 0 Å². The van der Waals surface area contributed by atoms with E-state index in [1.165, 1.54) is 5.56 Å². The van der Waals surface area contributed by atoms with Crippen LogP contribution in [0.25, 0.3) is 10.9 Å². The fourth-order valence-electron chi connectivity index (χ4n) is 1.64. The molecule has 1 aromatic carbocycles. The summed E-state index contributed by atoms with van der Waals surface area (Å²) in [5.41, 5.74) is 2.95. The number of aryl methyl sites for hydroxylation is 1. The molecule has 0 radical (unpaired) electrons. The fraction of sp³-hybridized carbons (Fsp3) is 0.231. The first-order chi connectivity index (χ1) is 7.69.